The number of anilines is 1. The highest BCUT2D eigenvalue weighted by atomic mass is 32.1. The molecule has 0 aromatic carbocycles. The van der Waals surface area contributed by atoms with E-state index in [0.29, 0.717) is 23.2 Å². The molecule has 0 radical (unpaired) electrons. The predicted molar refractivity (Wildman–Crippen MR) is 79.7 cm³/mol. The first-order valence-electron chi connectivity index (χ1n) is 7.27. The van der Waals surface area contributed by atoms with Crippen molar-refractivity contribution in [1.82, 2.24) is 4.90 Å². The summed E-state index contributed by atoms with van der Waals surface area (Å²) in [6.45, 7) is 0.516. The van der Waals surface area contributed by atoms with E-state index in [1.807, 2.05) is 4.90 Å². The van der Waals surface area contributed by atoms with Crippen LogP contribution >= 0.6 is 11.3 Å². The molecule has 1 atom stereocenters. The third-order valence-electron chi connectivity index (χ3n) is 4.32. The van der Waals surface area contributed by atoms with Gasteiger partial charge in [0.15, 0.2) is 0 Å². The van der Waals surface area contributed by atoms with E-state index >= 15 is 0 Å². The smallest absolute Gasteiger partial charge is 0.230 e. The third-order valence-corrected chi connectivity index (χ3v) is 5.15. The van der Waals surface area contributed by atoms with Crippen molar-refractivity contribution in [2.75, 3.05) is 11.9 Å². The van der Waals surface area contributed by atoms with Gasteiger partial charge in [-0.05, 0) is 24.3 Å². The van der Waals surface area contributed by atoms with Crippen molar-refractivity contribution in [3.05, 3.63) is 17.0 Å². The van der Waals surface area contributed by atoms with Crippen LogP contribution in [-0.4, -0.2) is 29.3 Å². The van der Waals surface area contributed by atoms with E-state index in [9.17, 15) is 9.59 Å². The molecule has 1 aromatic rings. The van der Waals surface area contributed by atoms with Crippen LogP contribution in [0.2, 0.25) is 0 Å². The lowest BCUT2D eigenvalue weighted by molar-refractivity contribution is -0.129. The Kier molecular flexibility index (Phi) is 3.93. The molecule has 1 unspecified atom stereocenters. The summed E-state index contributed by atoms with van der Waals surface area (Å²) < 4.78 is 0. The Morgan fingerprint density at radius 3 is 2.90 bits per heavy atom. The van der Waals surface area contributed by atoms with E-state index in [0.717, 1.165) is 12.8 Å². The molecule has 110 valence electrons. The highest BCUT2D eigenvalue weighted by Crippen LogP contribution is 2.30. The number of likely N-dealkylation sites (tertiary alicyclic amines) is 1. The van der Waals surface area contributed by atoms with Gasteiger partial charge in [-0.15, -0.1) is 11.3 Å². The van der Waals surface area contributed by atoms with Gasteiger partial charge in [0.05, 0.1) is 11.5 Å². The van der Waals surface area contributed by atoms with Crippen molar-refractivity contribution in [1.29, 1.82) is 5.26 Å². The van der Waals surface area contributed by atoms with Crippen LogP contribution in [0.1, 0.15) is 37.7 Å². The van der Waals surface area contributed by atoms with Crippen LogP contribution in [0.5, 0.6) is 0 Å². The summed E-state index contributed by atoms with van der Waals surface area (Å²) in [6.07, 6.45) is 4.75. The second kappa shape index (κ2) is 5.86. The summed E-state index contributed by atoms with van der Waals surface area (Å²) >= 11 is 1.34. The average molecular weight is 303 g/mol. The molecular weight excluding hydrogens is 286 g/mol. The lowest BCUT2D eigenvalue weighted by Crippen LogP contribution is -2.35. The molecular formula is C15H17N3O2S. The summed E-state index contributed by atoms with van der Waals surface area (Å²) in [4.78, 5) is 26.3. The maximum atomic E-state index is 12.3. The Hall–Kier alpha value is -1.87. The van der Waals surface area contributed by atoms with E-state index in [-0.39, 0.29) is 24.2 Å². The fourth-order valence-electron chi connectivity index (χ4n) is 3.18. The molecule has 0 spiro atoms. The van der Waals surface area contributed by atoms with Gasteiger partial charge < -0.3 is 10.2 Å². The molecule has 0 bridgehead atoms. The SMILES string of the molecule is N#Cc1ccsc1NC(=O)C1CC(=O)N(C2CCCC2)C1. The van der Waals surface area contributed by atoms with Gasteiger partial charge in [-0.25, -0.2) is 0 Å². The summed E-state index contributed by atoms with van der Waals surface area (Å²) in [5, 5.41) is 14.1. The molecule has 2 fully saturated rings. The minimum absolute atomic E-state index is 0.0914. The number of hydrogen-bond donors (Lipinski definition) is 1. The monoisotopic (exact) mass is 303 g/mol. The first kappa shape index (κ1) is 14.1. The first-order chi connectivity index (χ1) is 10.2. The van der Waals surface area contributed by atoms with E-state index < -0.39 is 0 Å². The molecule has 1 aliphatic carbocycles. The van der Waals surface area contributed by atoms with Crippen LogP contribution in [0, 0.1) is 17.2 Å². The molecule has 2 amide bonds. The van der Waals surface area contributed by atoms with Crippen molar-refractivity contribution in [3.8, 4) is 6.07 Å². The second-order valence-corrected chi connectivity index (χ2v) is 6.57. The maximum Gasteiger partial charge on any atom is 0.230 e. The van der Waals surface area contributed by atoms with Gasteiger partial charge in [0, 0.05) is 19.0 Å². The Labute approximate surface area is 127 Å². The number of nitriles is 1. The number of carbonyl (C=O) groups excluding carboxylic acids is 2. The molecule has 21 heavy (non-hydrogen) atoms. The van der Waals surface area contributed by atoms with Crippen LogP contribution in [0.25, 0.3) is 0 Å². The Morgan fingerprint density at radius 1 is 1.43 bits per heavy atom. The number of rotatable bonds is 3. The van der Waals surface area contributed by atoms with E-state index in [4.69, 9.17) is 5.26 Å². The van der Waals surface area contributed by atoms with Crippen LogP contribution < -0.4 is 5.32 Å². The number of nitrogens with one attached hydrogen (secondary N) is 1. The minimum atomic E-state index is -0.299. The topological polar surface area (TPSA) is 73.2 Å². The largest absolute Gasteiger partial charge is 0.339 e. The van der Waals surface area contributed by atoms with Crippen molar-refractivity contribution in [2.24, 2.45) is 5.92 Å². The third kappa shape index (κ3) is 2.79. The van der Waals surface area contributed by atoms with Gasteiger partial charge in [0.1, 0.15) is 11.1 Å². The Balaban J connectivity index is 1.64. The van der Waals surface area contributed by atoms with Crippen LogP contribution in [0.15, 0.2) is 11.4 Å². The second-order valence-electron chi connectivity index (χ2n) is 5.65. The summed E-state index contributed by atoms with van der Waals surface area (Å²) in [5.74, 6) is -0.358. The molecule has 2 heterocycles. The van der Waals surface area contributed by atoms with E-state index in [1.54, 1.807) is 11.4 Å². The molecule has 1 aromatic heterocycles. The lowest BCUT2D eigenvalue weighted by Gasteiger charge is -2.23. The van der Waals surface area contributed by atoms with Gasteiger partial charge in [-0.1, -0.05) is 12.8 Å². The summed E-state index contributed by atoms with van der Waals surface area (Å²) in [6, 6.07) is 4.06. The normalized spacial score (nSPS) is 22.5. The number of amides is 2. The van der Waals surface area contributed by atoms with Gasteiger partial charge >= 0.3 is 0 Å². The molecule has 1 aliphatic heterocycles. The molecule has 1 saturated carbocycles. The lowest BCUT2D eigenvalue weighted by atomic mass is 10.1. The van der Waals surface area contributed by atoms with Gasteiger partial charge in [-0.2, -0.15) is 5.26 Å². The molecule has 2 aliphatic rings. The number of thiophene rings is 1. The van der Waals surface area contributed by atoms with Crippen molar-refractivity contribution in [2.45, 2.75) is 38.1 Å². The van der Waals surface area contributed by atoms with Crippen molar-refractivity contribution >= 4 is 28.2 Å². The highest BCUT2D eigenvalue weighted by Gasteiger charge is 2.38. The van der Waals surface area contributed by atoms with Gasteiger partial charge in [0.2, 0.25) is 11.8 Å². The fraction of sp³-hybridized carbons (Fsp3) is 0.533. The standard InChI is InChI=1S/C15H17N3O2S/c16-8-10-5-6-21-15(10)17-14(20)11-7-13(19)18(9-11)12-3-1-2-4-12/h5-6,11-12H,1-4,7,9H2,(H,17,20). The fourth-order valence-corrected chi connectivity index (χ4v) is 3.92. The zero-order chi connectivity index (χ0) is 14.8. The molecule has 1 saturated heterocycles. The predicted octanol–water partition coefficient (Wildman–Crippen LogP) is 2.35. The molecule has 5 nitrogen and oxygen atoms in total. The number of carbonyl (C=O) groups is 2. The van der Waals surface area contributed by atoms with Gasteiger partial charge in [-0.3, -0.25) is 9.59 Å². The highest BCUT2D eigenvalue weighted by molar-refractivity contribution is 7.14. The zero-order valence-electron chi connectivity index (χ0n) is 11.7. The zero-order valence-corrected chi connectivity index (χ0v) is 12.5. The Bertz CT molecular complexity index is 598. The maximum absolute atomic E-state index is 12.3. The molecule has 6 heteroatoms. The number of hydrogen-bond acceptors (Lipinski definition) is 4. The molecule has 1 N–H and O–H groups in total. The van der Waals surface area contributed by atoms with E-state index in [1.165, 1.54) is 24.2 Å². The van der Waals surface area contributed by atoms with Crippen molar-refractivity contribution < 1.29 is 9.59 Å². The van der Waals surface area contributed by atoms with Crippen LogP contribution in [0.3, 0.4) is 0 Å². The van der Waals surface area contributed by atoms with Crippen molar-refractivity contribution in [3.63, 3.8) is 0 Å². The summed E-state index contributed by atoms with van der Waals surface area (Å²) in [7, 11) is 0. The average Bonchev–Trinajstić information content (AvgIpc) is 3.17. The first-order valence-corrected chi connectivity index (χ1v) is 8.15. The Morgan fingerprint density at radius 2 is 2.19 bits per heavy atom. The number of nitrogens with zero attached hydrogens (tertiary/aromatic N) is 2. The van der Waals surface area contributed by atoms with Gasteiger partial charge in [0.25, 0.3) is 0 Å². The molecule has 3 rings (SSSR count). The summed E-state index contributed by atoms with van der Waals surface area (Å²) in [5.41, 5.74) is 0.477. The van der Waals surface area contributed by atoms with Crippen LogP contribution in [-0.2, 0) is 9.59 Å². The van der Waals surface area contributed by atoms with E-state index in [2.05, 4.69) is 11.4 Å². The quantitative estimate of drug-likeness (QED) is 0.931. The van der Waals surface area contributed by atoms with Crippen LogP contribution in [0.4, 0.5) is 5.00 Å². The minimum Gasteiger partial charge on any atom is -0.339 e.